The SMILES string of the molecule is CC(C)N(CCO)c1c(F)cccc1CO. The van der Waals surface area contributed by atoms with E-state index in [1.165, 1.54) is 6.07 Å². The summed E-state index contributed by atoms with van der Waals surface area (Å²) in [4.78, 5) is 1.75. The smallest absolute Gasteiger partial charge is 0.146 e. The van der Waals surface area contributed by atoms with Crippen LogP contribution in [-0.2, 0) is 6.61 Å². The highest BCUT2D eigenvalue weighted by Crippen LogP contribution is 2.26. The van der Waals surface area contributed by atoms with Crippen molar-refractivity contribution in [2.45, 2.75) is 26.5 Å². The summed E-state index contributed by atoms with van der Waals surface area (Å²) in [5.74, 6) is -0.367. The molecule has 0 spiro atoms. The van der Waals surface area contributed by atoms with Gasteiger partial charge in [-0.05, 0) is 19.9 Å². The van der Waals surface area contributed by atoms with Crippen molar-refractivity contribution in [1.29, 1.82) is 0 Å². The van der Waals surface area contributed by atoms with Gasteiger partial charge in [0.05, 0.1) is 18.9 Å². The second-order valence-corrected chi connectivity index (χ2v) is 3.92. The molecule has 1 aromatic carbocycles. The molecule has 0 radical (unpaired) electrons. The fourth-order valence-electron chi connectivity index (χ4n) is 1.75. The lowest BCUT2D eigenvalue weighted by molar-refractivity contribution is 0.279. The molecule has 16 heavy (non-hydrogen) atoms. The van der Waals surface area contributed by atoms with Crippen LogP contribution >= 0.6 is 0 Å². The van der Waals surface area contributed by atoms with Crippen molar-refractivity contribution in [1.82, 2.24) is 0 Å². The van der Waals surface area contributed by atoms with Crippen LogP contribution in [0, 0.1) is 5.82 Å². The first-order chi connectivity index (χ1) is 7.61. The lowest BCUT2D eigenvalue weighted by Crippen LogP contribution is -2.35. The Labute approximate surface area is 95.1 Å². The quantitative estimate of drug-likeness (QED) is 0.801. The number of rotatable bonds is 5. The van der Waals surface area contributed by atoms with Crippen LogP contribution in [-0.4, -0.2) is 29.4 Å². The summed E-state index contributed by atoms with van der Waals surface area (Å²) in [7, 11) is 0. The number of nitrogens with zero attached hydrogens (tertiary/aromatic N) is 1. The van der Waals surface area contributed by atoms with Gasteiger partial charge < -0.3 is 15.1 Å². The predicted molar refractivity (Wildman–Crippen MR) is 61.9 cm³/mol. The molecule has 3 nitrogen and oxygen atoms in total. The molecule has 0 aliphatic heterocycles. The van der Waals surface area contributed by atoms with Gasteiger partial charge in [-0.2, -0.15) is 0 Å². The minimum Gasteiger partial charge on any atom is -0.395 e. The number of hydrogen-bond acceptors (Lipinski definition) is 3. The van der Waals surface area contributed by atoms with Crippen molar-refractivity contribution in [2.24, 2.45) is 0 Å². The Balaban J connectivity index is 3.16. The molecule has 1 aromatic rings. The van der Waals surface area contributed by atoms with Crippen molar-refractivity contribution < 1.29 is 14.6 Å². The van der Waals surface area contributed by atoms with E-state index in [-0.39, 0.29) is 25.1 Å². The van der Waals surface area contributed by atoms with Gasteiger partial charge in [-0.1, -0.05) is 12.1 Å². The van der Waals surface area contributed by atoms with Gasteiger partial charge in [0.25, 0.3) is 0 Å². The Kier molecular flexibility index (Phi) is 4.71. The van der Waals surface area contributed by atoms with Gasteiger partial charge >= 0.3 is 0 Å². The summed E-state index contributed by atoms with van der Waals surface area (Å²) < 4.78 is 13.7. The van der Waals surface area contributed by atoms with Crippen molar-refractivity contribution in [3.8, 4) is 0 Å². The van der Waals surface area contributed by atoms with Crippen LogP contribution in [0.5, 0.6) is 0 Å². The fraction of sp³-hybridized carbons (Fsp3) is 0.500. The topological polar surface area (TPSA) is 43.7 Å². The van der Waals surface area contributed by atoms with E-state index >= 15 is 0 Å². The number of halogens is 1. The molecule has 0 aromatic heterocycles. The number of aliphatic hydroxyl groups excluding tert-OH is 2. The average molecular weight is 227 g/mol. The maximum Gasteiger partial charge on any atom is 0.146 e. The van der Waals surface area contributed by atoms with E-state index in [1.54, 1.807) is 17.0 Å². The molecule has 0 heterocycles. The van der Waals surface area contributed by atoms with E-state index in [4.69, 9.17) is 5.11 Å². The first-order valence-electron chi connectivity index (χ1n) is 5.37. The second-order valence-electron chi connectivity index (χ2n) is 3.92. The number of hydrogen-bond donors (Lipinski definition) is 2. The third-order valence-corrected chi connectivity index (χ3v) is 2.49. The Morgan fingerprint density at radius 2 is 2.00 bits per heavy atom. The van der Waals surface area contributed by atoms with Crippen LogP contribution in [0.4, 0.5) is 10.1 Å². The van der Waals surface area contributed by atoms with Crippen LogP contribution in [0.2, 0.25) is 0 Å². The zero-order chi connectivity index (χ0) is 12.1. The van der Waals surface area contributed by atoms with E-state index in [1.807, 2.05) is 13.8 Å². The molecule has 0 aliphatic rings. The molecule has 0 amide bonds. The average Bonchev–Trinajstić information content (AvgIpc) is 2.26. The number of benzene rings is 1. The lowest BCUT2D eigenvalue weighted by Gasteiger charge is -2.30. The van der Waals surface area contributed by atoms with Crippen molar-refractivity contribution in [2.75, 3.05) is 18.1 Å². The second kappa shape index (κ2) is 5.82. The van der Waals surface area contributed by atoms with Gasteiger partial charge in [0.2, 0.25) is 0 Å². The van der Waals surface area contributed by atoms with Gasteiger partial charge in [-0.15, -0.1) is 0 Å². The largest absolute Gasteiger partial charge is 0.395 e. The Hall–Kier alpha value is -1.13. The fourth-order valence-corrected chi connectivity index (χ4v) is 1.75. The standard InChI is InChI=1S/C12H18FNO2/c1-9(2)14(6-7-15)12-10(8-16)4-3-5-11(12)13/h3-5,9,15-16H,6-8H2,1-2H3. The van der Waals surface area contributed by atoms with Gasteiger partial charge in [0.1, 0.15) is 5.82 Å². The molecule has 2 N–H and O–H groups in total. The highest BCUT2D eigenvalue weighted by Gasteiger charge is 2.17. The molecule has 0 atom stereocenters. The summed E-state index contributed by atoms with van der Waals surface area (Å²) in [6.45, 7) is 3.94. The molecule has 1 rings (SSSR count). The molecular formula is C12H18FNO2. The van der Waals surface area contributed by atoms with E-state index in [2.05, 4.69) is 0 Å². The molecule has 0 fully saturated rings. The van der Waals surface area contributed by atoms with Crippen molar-refractivity contribution in [3.63, 3.8) is 0 Å². The summed E-state index contributed by atoms with van der Waals surface area (Å²) in [5.41, 5.74) is 0.927. The predicted octanol–water partition coefficient (Wildman–Crippen LogP) is 1.53. The van der Waals surface area contributed by atoms with E-state index in [0.717, 1.165) is 0 Å². The Morgan fingerprint density at radius 1 is 1.31 bits per heavy atom. The van der Waals surface area contributed by atoms with E-state index in [0.29, 0.717) is 17.8 Å². The first kappa shape index (κ1) is 12.9. The van der Waals surface area contributed by atoms with Crippen LogP contribution in [0.15, 0.2) is 18.2 Å². The zero-order valence-electron chi connectivity index (χ0n) is 9.65. The molecule has 4 heteroatoms. The maximum absolute atomic E-state index is 13.7. The third kappa shape index (κ3) is 2.71. The van der Waals surface area contributed by atoms with Crippen LogP contribution in [0.3, 0.4) is 0 Å². The van der Waals surface area contributed by atoms with Crippen LogP contribution in [0.25, 0.3) is 0 Å². The van der Waals surface area contributed by atoms with E-state index in [9.17, 15) is 9.50 Å². The molecule has 0 bridgehead atoms. The first-order valence-corrected chi connectivity index (χ1v) is 5.37. The molecule has 90 valence electrons. The Morgan fingerprint density at radius 3 is 2.50 bits per heavy atom. The monoisotopic (exact) mass is 227 g/mol. The van der Waals surface area contributed by atoms with Gasteiger partial charge in [0.15, 0.2) is 0 Å². The highest BCUT2D eigenvalue weighted by atomic mass is 19.1. The Bertz CT molecular complexity index is 342. The molecule has 0 saturated carbocycles. The third-order valence-electron chi connectivity index (χ3n) is 2.49. The summed E-state index contributed by atoms with van der Waals surface area (Å²) in [6, 6.07) is 4.68. The molecular weight excluding hydrogens is 209 g/mol. The number of aliphatic hydroxyl groups is 2. The molecule has 0 aliphatic carbocycles. The van der Waals surface area contributed by atoms with Gasteiger partial charge in [0, 0.05) is 18.2 Å². The van der Waals surface area contributed by atoms with Gasteiger partial charge in [-0.25, -0.2) is 4.39 Å². The number of para-hydroxylation sites is 1. The van der Waals surface area contributed by atoms with Crippen molar-refractivity contribution >= 4 is 5.69 Å². The summed E-state index contributed by atoms with van der Waals surface area (Å²) >= 11 is 0. The number of anilines is 1. The van der Waals surface area contributed by atoms with Gasteiger partial charge in [-0.3, -0.25) is 0 Å². The highest BCUT2D eigenvalue weighted by molar-refractivity contribution is 5.55. The maximum atomic E-state index is 13.7. The summed E-state index contributed by atoms with van der Waals surface area (Å²) in [6.07, 6.45) is 0. The zero-order valence-corrected chi connectivity index (χ0v) is 9.65. The van der Waals surface area contributed by atoms with Crippen LogP contribution in [0.1, 0.15) is 19.4 Å². The van der Waals surface area contributed by atoms with Crippen LogP contribution < -0.4 is 4.90 Å². The minimum atomic E-state index is -0.367. The van der Waals surface area contributed by atoms with E-state index < -0.39 is 0 Å². The van der Waals surface area contributed by atoms with Crippen molar-refractivity contribution in [3.05, 3.63) is 29.6 Å². The normalized spacial score (nSPS) is 10.9. The molecule has 0 unspecified atom stereocenters. The summed E-state index contributed by atoms with van der Waals surface area (Å²) in [5, 5.41) is 18.2. The molecule has 0 saturated heterocycles. The minimum absolute atomic E-state index is 0.0443. The lowest BCUT2D eigenvalue weighted by atomic mass is 10.1.